The summed E-state index contributed by atoms with van der Waals surface area (Å²) in [5.41, 5.74) is 0.459. The van der Waals surface area contributed by atoms with Gasteiger partial charge < -0.3 is 25.2 Å². The summed E-state index contributed by atoms with van der Waals surface area (Å²) in [6.07, 6.45) is 0. The second kappa shape index (κ2) is 5.20. The van der Waals surface area contributed by atoms with Crippen LogP contribution in [0.3, 0.4) is 0 Å². The second-order valence-electron chi connectivity index (χ2n) is 4.28. The summed E-state index contributed by atoms with van der Waals surface area (Å²) in [7, 11) is 0. The molecule has 3 rings (SSSR count). The van der Waals surface area contributed by atoms with Crippen molar-refractivity contribution in [3.05, 3.63) is 42.2 Å². The van der Waals surface area contributed by atoms with Gasteiger partial charge in [-0.05, 0) is 24.3 Å². The van der Waals surface area contributed by atoms with E-state index in [0.717, 1.165) is 6.07 Å². The second-order valence-corrected chi connectivity index (χ2v) is 4.28. The van der Waals surface area contributed by atoms with Crippen LogP contribution in [0.15, 0.2) is 36.4 Å². The Morgan fingerprint density at radius 1 is 1.14 bits per heavy atom. The highest BCUT2D eigenvalue weighted by Gasteiger charge is 2.15. The first-order valence-electron chi connectivity index (χ1n) is 6.08. The molecule has 1 aliphatic rings. The fraction of sp³-hybridized carbons (Fsp3) is 0.0714. The lowest BCUT2D eigenvalue weighted by molar-refractivity contribution is 0.174. The SMILES string of the molecule is O=C(Nc1ccc2c(c1)OCO2)Nc1cccc(F)c1O. The first kappa shape index (κ1) is 13.0. The molecule has 3 N–H and O–H groups in total. The summed E-state index contributed by atoms with van der Waals surface area (Å²) in [6, 6.07) is 8.15. The van der Waals surface area contributed by atoms with Gasteiger partial charge in [0.2, 0.25) is 6.79 Å². The molecule has 0 bridgehead atoms. The van der Waals surface area contributed by atoms with Crippen LogP contribution in [0.1, 0.15) is 0 Å². The maximum atomic E-state index is 13.2. The maximum Gasteiger partial charge on any atom is 0.323 e. The number of anilines is 2. The Morgan fingerprint density at radius 2 is 1.95 bits per heavy atom. The largest absolute Gasteiger partial charge is 0.503 e. The van der Waals surface area contributed by atoms with Gasteiger partial charge in [-0.15, -0.1) is 0 Å². The molecule has 2 aromatic carbocycles. The van der Waals surface area contributed by atoms with E-state index in [-0.39, 0.29) is 12.5 Å². The van der Waals surface area contributed by atoms with Crippen molar-refractivity contribution in [3.8, 4) is 17.2 Å². The van der Waals surface area contributed by atoms with E-state index in [9.17, 15) is 14.3 Å². The number of hydrogen-bond donors (Lipinski definition) is 3. The van der Waals surface area contributed by atoms with E-state index in [2.05, 4.69) is 10.6 Å². The number of para-hydroxylation sites is 1. The lowest BCUT2D eigenvalue weighted by Crippen LogP contribution is -2.19. The predicted molar refractivity (Wildman–Crippen MR) is 73.3 cm³/mol. The Kier molecular flexibility index (Phi) is 3.23. The van der Waals surface area contributed by atoms with Crippen LogP contribution in [0.25, 0.3) is 0 Å². The Morgan fingerprint density at radius 3 is 2.81 bits per heavy atom. The molecule has 0 spiro atoms. The first-order chi connectivity index (χ1) is 10.1. The van der Waals surface area contributed by atoms with Crippen molar-refractivity contribution in [1.29, 1.82) is 0 Å². The minimum Gasteiger partial charge on any atom is -0.503 e. The van der Waals surface area contributed by atoms with Crippen molar-refractivity contribution in [1.82, 2.24) is 0 Å². The molecule has 0 unspecified atom stereocenters. The number of urea groups is 1. The molecule has 0 saturated heterocycles. The van der Waals surface area contributed by atoms with Crippen molar-refractivity contribution < 1.29 is 23.8 Å². The van der Waals surface area contributed by atoms with E-state index >= 15 is 0 Å². The van der Waals surface area contributed by atoms with Crippen molar-refractivity contribution in [2.45, 2.75) is 0 Å². The van der Waals surface area contributed by atoms with Gasteiger partial charge in [-0.1, -0.05) is 6.07 Å². The molecule has 108 valence electrons. The van der Waals surface area contributed by atoms with Crippen LogP contribution in [-0.4, -0.2) is 17.9 Å². The quantitative estimate of drug-likeness (QED) is 0.743. The Balaban J connectivity index is 1.70. The normalized spacial score (nSPS) is 12.0. The zero-order chi connectivity index (χ0) is 14.8. The number of fused-ring (bicyclic) bond motifs is 1. The summed E-state index contributed by atoms with van der Waals surface area (Å²) < 4.78 is 23.5. The van der Waals surface area contributed by atoms with E-state index in [1.54, 1.807) is 18.2 Å². The smallest absolute Gasteiger partial charge is 0.323 e. The summed E-state index contributed by atoms with van der Waals surface area (Å²) in [6.45, 7) is 0.141. The van der Waals surface area contributed by atoms with E-state index in [1.807, 2.05) is 0 Å². The highest BCUT2D eigenvalue weighted by Crippen LogP contribution is 2.34. The van der Waals surface area contributed by atoms with Crippen LogP contribution in [-0.2, 0) is 0 Å². The molecule has 2 aromatic rings. The first-order valence-corrected chi connectivity index (χ1v) is 6.08. The van der Waals surface area contributed by atoms with E-state index in [4.69, 9.17) is 9.47 Å². The number of amides is 2. The molecule has 1 aliphatic heterocycles. The Bertz CT molecular complexity index is 705. The highest BCUT2D eigenvalue weighted by atomic mass is 19.1. The lowest BCUT2D eigenvalue weighted by atomic mass is 10.2. The number of halogens is 1. The summed E-state index contributed by atoms with van der Waals surface area (Å²) in [4.78, 5) is 11.8. The number of phenols is 1. The van der Waals surface area contributed by atoms with Crippen LogP contribution in [0, 0.1) is 5.82 Å². The molecule has 0 atom stereocenters. The molecule has 2 amide bonds. The number of aromatic hydroxyl groups is 1. The molecule has 0 aliphatic carbocycles. The number of phenolic OH excluding ortho intramolecular Hbond substituents is 1. The van der Waals surface area contributed by atoms with Crippen molar-refractivity contribution in [2.24, 2.45) is 0 Å². The van der Waals surface area contributed by atoms with Gasteiger partial charge in [0.05, 0.1) is 5.69 Å². The third-order valence-electron chi connectivity index (χ3n) is 2.87. The van der Waals surface area contributed by atoms with Gasteiger partial charge in [-0.2, -0.15) is 0 Å². The van der Waals surface area contributed by atoms with Crippen LogP contribution >= 0.6 is 0 Å². The summed E-state index contributed by atoms with van der Waals surface area (Å²) in [5.74, 6) is -0.292. The number of hydrogen-bond acceptors (Lipinski definition) is 4. The number of carbonyl (C=O) groups is 1. The summed E-state index contributed by atoms with van der Waals surface area (Å²) >= 11 is 0. The maximum absolute atomic E-state index is 13.2. The van der Waals surface area contributed by atoms with E-state index in [0.29, 0.717) is 17.2 Å². The van der Waals surface area contributed by atoms with Gasteiger partial charge in [0.25, 0.3) is 0 Å². The third-order valence-corrected chi connectivity index (χ3v) is 2.87. The summed E-state index contributed by atoms with van der Waals surface area (Å²) in [5, 5.41) is 14.4. The number of ether oxygens (including phenoxy) is 2. The standard InChI is InChI=1S/C14H11FN2O4/c15-9-2-1-3-10(13(9)18)17-14(19)16-8-4-5-11-12(6-8)21-7-20-11/h1-6,18H,7H2,(H2,16,17,19). The van der Waals surface area contributed by atoms with Gasteiger partial charge in [0.1, 0.15) is 0 Å². The van der Waals surface area contributed by atoms with E-state index in [1.165, 1.54) is 12.1 Å². The molecule has 1 heterocycles. The fourth-order valence-corrected chi connectivity index (χ4v) is 1.88. The molecule has 0 saturated carbocycles. The molecule has 0 fully saturated rings. The van der Waals surface area contributed by atoms with Gasteiger partial charge in [-0.3, -0.25) is 0 Å². The van der Waals surface area contributed by atoms with Gasteiger partial charge in [0.15, 0.2) is 23.1 Å². The average molecular weight is 290 g/mol. The van der Waals surface area contributed by atoms with Crippen LogP contribution in [0.4, 0.5) is 20.6 Å². The van der Waals surface area contributed by atoms with Gasteiger partial charge in [-0.25, -0.2) is 9.18 Å². The Labute approximate surface area is 119 Å². The molecule has 21 heavy (non-hydrogen) atoms. The van der Waals surface area contributed by atoms with Gasteiger partial charge in [0, 0.05) is 11.8 Å². The van der Waals surface area contributed by atoms with Gasteiger partial charge >= 0.3 is 6.03 Å². The van der Waals surface area contributed by atoms with Crippen LogP contribution in [0.5, 0.6) is 17.2 Å². The van der Waals surface area contributed by atoms with Crippen molar-refractivity contribution in [3.63, 3.8) is 0 Å². The zero-order valence-corrected chi connectivity index (χ0v) is 10.7. The minimum atomic E-state index is -0.809. The fourth-order valence-electron chi connectivity index (χ4n) is 1.88. The zero-order valence-electron chi connectivity index (χ0n) is 10.7. The molecular formula is C14H11FN2O4. The average Bonchev–Trinajstić information content (AvgIpc) is 2.91. The van der Waals surface area contributed by atoms with E-state index < -0.39 is 17.6 Å². The van der Waals surface area contributed by atoms with Crippen molar-refractivity contribution in [2.75, 3.05) is 17.4 Å². The number of rotatable bonds is 2. The third kappa shape index (κ3) is 2.66. The molecule has 6 nitrogen and oxygen atoms in total. The highest BCUT2D eigenvalue weighted by molar-refractivity contribution is 6.00. The number of benzene rings is 2. The minimum absolute atomic E-state index is 0.0201. The molecule has 0 radical (unpaired) electrons. The Hall–Kier alpha value is -2.96. The van der Waals surface area contributed by atoms with Crippen LogP contribution < -0.4 is 20.1 Å². The predicted octanol–water partition coefficient (Wildman–Crippen LogP) is 2.90. The number of carbonyl (C=O) groups excluding carboxylic acids is 1. The van der Waals surface area contributed by atoms with Crippen molar-refractivity contribution >= 4 is 17.4 Å². The molecular weight excluding hydrogens is 279 g/mol. The number of nitrogens with one attached hydrogen (secondary N) is 2. The molecule has 7 heteroatoms. The monoisotopic (exact) mass is 290 g/mol. The lowest BCUT2D eigenvalue weighted by Gasteiger charge is -2.09. The molecule has 0 aromatic heterocycles. The topological polar surface area (TPSA) is 79.8 Å². The van der Waals surface area contributed by atoms with Crippen LogP contribution in [0.2, 0.25) is 0 Å².